The Balaban J connectivity index is 0.00000261. The number of ketones is 1. The highest BCUT2D eigenvalue weighted by molar-refractivity contribution is 5.94. The third kappa shape index (κ3) is 5.05. The van der Waals surface area contributed by atoms with Crippen LogP contribution in [-0.4, -0.2) is 47.3 Å². The highest BCUT2D eigenvalue weighted by Gasteiger charge is 2.31. The van der Waals surface area contributed by atoms with E-state index < -0.39 is 6.10 Å². The second-order valence-electron chi connectivity index (χ2n) is 6.38. The summed E-state index contributed by atoms with van der Waals surface area (Å²) < 4.78 is 5.82. The van der Waals surface area contributed by atoms with Gasteiger partial charge in [0, 0.05) is 37.6 Å². The maximum atomic E-state index is 13.0. The highest BCUT2D eigenvalue weighted by Crippen LogP contribution is 2.23. The Morgan fingerprint density at radius 1 is 1.30 bits per heavy atom. The van der Waals surface area contributed by atoms with Crippen molar-refractivity contribution in [2.75, 3.05) is 19.6 Å². The molecule has 0 spiro atoms. The normalized spacial score (nSPS) is 17.6. The van der Waals surface area contributed by atoms with Crippen LogP contribution < -0.4 is 10.1 Å². The number of carbonyl (C=O) groups is 2. The Morgan fingerprint density at radius 3 is 2.81 bits per heavy atom. The van der Waals surface area contributed by atoms with E-state index in [9.17, 15) is 9.59 Å². The molecule has 0 radical (unpaired) electrons. The number of aromatic nitrogens is 1. The van der Waals surface area contributed by atoms with Crippen LogP contribution in [0.25, 0.3) is 0 Å². The lowest BCUT2D eigenvalue weighted by Gasteiger charge is -2.37. The zero-order valence-electron chi connectivity index (χ0n) is 15.4. The average Bonchev–Trinajstić information content (AvgIpc) is 2.68. The van der Waals surface area contributed by atoms with Crippen molar-refractivity contribution >= 4 is 24.1 Å². The summed E-state index contributed by atoms with van der Waals surface area (Å²) in [5.41, 5.74) is 1.57. The zero-order valence-corrected chi connectivity index (χ0v) is 16.2. The van der Waals surface area contributed by atoms with Gasteiger partial charge in [-0.1, -0.05) is 18.2 Å². The van der Waals surface area contributed by atoms with Crippen LogP contribution in [0.2, 0.25) is 0 Å². The molecule has 7 heteroatoms. The predicted molar refractivity (Wildman–Crippen MR) is 105 cm³/mol. The fourth-order valence-corrected chi connectivity index (χ4v) is 3.12. The van der Waals surface area contributed by atoms with Gasteiger partial charge >= 0.3 is 0 Å². The van der Waals surface area contributed by atoms with E-state index in [0.29, 0.717) is 24.4 Å². The molecule has 0 aliphatic carbocycles. The Labute approximate surface area is 165 Å². The number of hydrogen-bond donors (Lipinski definition) is 1. The molecule has 3 rings (SSSR count). The van der Waals surface area contributed by atoms with Crippen LogP contribution in [0.3, 0.4) is 0 Å². The van der Waals surface area contributed by atoms with Crippen molar-refractivity contribution < 1.29 is 14.3 Å². The van der Waals surface area contributed by atoms with Gasteiger partial charge in [-0.25, -0.2) is 0 Å². The van der Waals surface area contributed by atoms with Gasteiger partial charge in [0.1, 0.15) is 5.75 Å². The van der Waals surface area contributed by atoms with Crippen LogP contribution in [0.15, 0.2) is 48.8 Å². The molecule has 2 heterocycles. The summed E-state index contributed by atoms with van der Waals surface area (Å²) in [5.74, 6) is 0.411. The van der Waals surface area contributed by atoms with Gasteiger partial charge in [-0.2, -0.15) is 0 Å². The van der Waals surface area contributed by atoms with E-state index in [-0.39, 0.29) is 30.1 Å². The number of nitrogens with one attached hydrogen (secondary N) is 1. The van der Waals surface area contributed by atoms with E-state index >= 15 is 0 Å². The number of hydrogen-bond acceptors (Lipinski definition) is 5. The summed E-state index contributed by atoms with van der Waals surface area (Å²) in [6, 6.07) is 10.7. The molecule has 0 saturated carbocycles. The Hall–Kier alpha value is -2.44. The molecule has 144 valence electrons. The van der Waals surface area contributed by atoms with Crippen molar-refractivity contribution in [2.45, 2.75) is 26.0 Å². The topological polar surface area (TPSA) is 71.5 Å². The van der Waals surface area contributed by atoms with Crippen LogP contribution in [0, 0.1) is 0 Å². The van der Waals surface area contributed by atoms with Crippen LogP contribution in [0.1, 0.15) is 35.8 Å². The molecule has 2 aromatic rings. The molecule has 1 N–H and O–H groups in total. The van der Waals surface area contributed by atoms with Crippen molar-refractivity contribution in [3.8, 4) is 5.75 Å². The van der Waals surface area contributed by atoms with Gasteiger partial charge in [-0.3, -0.25) is 14.6 Å². The first kappa shape index (κ1) is 20.9. The third-order valence-corrected chi connectivity index (χ3v) is 4.50. The predicted octanol–water partition coefficient (Wildman–Crippen LogP) is 2.65. The Morgan fingerprint density at radius 2 is 2.11 bits per heavy atom. The molecule has 1 fully saturated rings. The number of amides is 1. The van der Waals surface area contributed by atoms with E-state index in [1.165, 1.54) is 6.92 Å². The van der Waals surface area contributed by atoms with Crippen LogP contribution in [0.4, 0.5) is 0 Å². The molecule has 1 aromatic carbocycles. The minimum atomic E-state index is -0.644. The van der Waals surface area contributed by atoms with E-state index in [4.69, 9.17) is 4.74 Å². The van der Waals surface area contributed by atoms with E-state index in [2.05, 4.69) is 10.3 Å². The molecule has 1 saturated heterocycles. The minimum absolute atomic E-state index is 0. The van der Waals surface area contributed by atoms with Gasteiger partial charge in [-0.15, -0.1) is 12.4 Å². The maximum Gasteiger partial charge on any atom is 0.263 e. The van der Waals surface area contributed by atoms with Crippen LogP contribution >= 0.6 is 12.4 Å². The lowest BCUT2D eigenvalue weighted by molar-refractivity contribution is -0.141. The fourth-order valence-electron chi connectivity index (χ4n) is 3.12. The monoisotopic (exact) mass is 389 g/mol. The third-order valence-electron chi connectivity index (χ3n) is 4.50. The number of nitrogens with zero attached hydrogens (tertiary/aromatic N) is 2. The first-order valence-corrected chi connectivity index (χ1v) is 8.75. The number of halogens is 1. The van der Waals surface area contributed by atoms with E-state index in [1.54, 1.807) is 43.6 Å². The molecule has 27 heavy (non-hydrogen) atoms. The molecule has 1 aliphatic rings. The zero-order chi connectivity index (χ0) is 18.5. The summed E-state index contributed by atoms with van der Waals surface area (Å²) in [4.78, 5) is 30.5. The van der Waals surface area contributed by atoms with Crippen molar-refractivity contribution in [3.05, 3.63) is 59.9 Å². The van der Waals surface area contributed by atoms with Crippen molar-refractivity contribution in [3.63, 3.8) is 0 Å². The molecule has 0 bridgehead atoms. The van der Waals surface area contributed by atoms with Gasteiger partial charge in [0.25, 0.3) is 5.91 Å². The van der Waals surface area contributed by atoms with E-state index in [1.807, 2.05) is 17.0 Å². The first-order chi connectivity index (χ1) is 12.6. The second kappa shape index (κ2) is 9.48. The number of Topliss-reactive ketones (excluding diaryl/α,β-unsaturated/α-hetero) is 1. The molecule has 2 atom stereocenters. The molecular formula is C20H24ClN3O3. The highest BCUT2D eigenvalue weighted by atomic mass is 35.5. The first-order valence-electron chi connectivity index (χ1n) is 8.75. The molecule has 1 aliphatic heterocycles. The fraction of sp³-hybridized carbons (Fsp3) is 0.350. The number of rotatable bonds is 5. The standard InChI is InChI=1S/C20H23N3O3.ClH/c1-14(24)16-5-3-7-18(11-16)26-15(2)20(25)23-10-9-22-13-19(23)17-6-4-8-21-12-17;/h3-8,11-12,15,19,22H,9-10,13H2,1-2H3;1H. The number of ether oxygens (including phenoxy) is 1. The lowest BCUT2D eigenvalue weighted by Crippen LogP contribution is -2.52. The SMILES string of the molecule is CC(=O)c1cccc(OC(C)C(=O)N2CCNCC2c2cccnc2)c1.Cl. The summed E-state index contributed by atoms with van der Waals surface area (Å²) in [5, 5.41) is 3.33. The molecule has 6 nitrogen and oxygen atoms in total. The summed E-state index contributed by atoms with van der Waals surface area (Å²) in [6.07, 6.45) is 2.87. The summed E-state index contributed by atoms with van der Waals surface area (Å²) in [7, 11) is 0. The van der Waals surface area contributed by atoms with Gasteiger partial charge in [0.15, 0.2) is 11.9 Å². The number of benzene rings is 1. The van der Waals surface area contributed by atoms with E-state index in [0.717, 1.165) is 12.1 Å². The number of piperazine rings is 1. The maximum absolute atomic E-state index is 13.0. The van der Waals surface area contributed by atoms with Crippen LogP contribution in [-0.2, 0) is 4.79 Å². The van der Waals surface area contributed by atoms with Crippen molar-refractivity contribution in [1.82, 2.24) is 15.2 Å². The Bertz CT molecular complexity index is 785. The lowest BCUT2D eigenvalue weighted by atomic mass is 10.0. The van der Waals surface area contributed by atoms with Gasteiger partial charge in [0.05, 0.1) is 6.04 Å². The van der Waals surface area contributed by atoms with Crippen molar-refractivity contribution in [1.29, 1.82) is 0 Å². The summed E-state index contributed by atoms with van der Waals surface area (Å²) in [6.45, 7) is 5.29. The quantitative estimate of drug-likeness (QED) is 0.796. The molecule has 1 aromatic heterocycles. The Kier molecular flexibility index (Phi) is 7.33. The van der Waals surface area contributed by atoms with Crippen molar-refractivity contribution in [2.24, 2.45) is 0 Å². The van der Waals surface area contributed by atoms with Gasteiger partial charge in [0.2, 0.25) is 0 Å². The smallest absolute Gasteiger partial charge is 0.263 e. The molecule has 1 amide bonds. The average molecular weight is 390 g/mol. The summed E-state index contributed by atoms with van der Waals surface area (Å²) >= 11 is 0. The van der Waals surface area contributed by atoms with Gasteiger partial charge in [-0.05, 0) is 37.6 Å². The van der Waals surface area contributed by atoms with Crippen LogP contribution in [0.5, 0.6) is 5.75 Å². The number of carbonyl (C=O) groups excluding carboxylic acids is 2. The largest absolute Gasteiger partial charge is 0.481 e. The number of pyridine rings is 1. The minimum Gasteiger partial charge on any atom is -0.481 e. The second-order valence-corrected chi connectivity index (χ2v) is 6.38. The molecule has 2 unspecified atom stereocenters. The van der Waals surface area contributed by atoms with Gasteiger partial charge < -0.3 is 15.0 Å². The molecular weight excluding hydrogens is 366 g/mol.